The molecule has 1 unspecified atom stereocenters. The van der Waals surface area contributed by atoms with Crippen LogP contribution in [-0.2, 0) is 14.3 Å². The molecule has 0 aliphatic heterocycles. The van der Waals surface area contributed by atoms with Gasteiger partial charge in [0, 0.05) is 20.3 Å². The van der Waals surface area contributed by atoms with Gasteiger partial charge in [0.1, 0.15) is 0 Å². The van der Waals surface area contributed by atoms with Gasteiger partial charge in [0.2, 0.25) is 5.91 Å². The quantitative estimate of drug-likeness (QED) is 0.510. The molecule has 0 spiro atoms. The second-order valence-corrected chi connectivity index (χ2v) is 4.54. The minimum Gasteiger partial charge on any atom is -0.481 e. The molecule has 17 heavy (non-hydrogen) atoms. The smallest absolute Gasteiger partial charge is 0.311 e. The van der Waals surface area contributed by atoms with E-state index in [2.05, 4.69) is 5.32 Å². The second kappa shape index (κ2) is 5.97. The van der Waals surface area contributed by atoms with E-state index in [-0.39, 0.29) is 12.5 Å². The molecule has 1 aliphatic rings. The van der Waals surface area contributed by atoms with Crippen molar-refractivity contribution in [2.75, 3.05) is 20.3 Å². The highest BCUT2D eigenvalue weighted by molar-refractivity contribution is 5.83. The maximum Gasteiger partial charge on any atom is 0.311 e. The normalized spacial score (nSPS) is 18.5. The highest BCUT2D eigenvalue weighted by Crippen LogP contribution is 2.45. The predicted molar refractivity (Wildman–Crippen MR) is 61.4 cm³/mol. The number of carboxylic acid groups (broad SMARTS) is 1. The molecule has 1 aliphatic carbocycles. The van der Waals surface area contributed by atoms with Gasteiger partial charge in [0.25, 0.3) is 0 Å². The minimum atomic E-state index is -0.842. The van der Waals surface area contributed by atoms with Crippen LogP contribution in [0.2, 0.25) is 0 Å². The number of amides is 1. The van der Waals surface area contributed by atoms with Gasteiger partial charge in [-0.1, -0.05) is 0 Å². The van der Waals surface area contributed by atoms with Crippen molar-refractivity contribution in [1.82, 2.24) is 5.32 Å². The molecular weight excluding hydrogens is 224 g/mol. The molecule has 4 N–H and O–H groups in total. The van der Waals surface area contributed by atoms with Crippen molar-refractivity contribution in [3.05, 3.63) is 0 Å². The molecule has 98 valence electrons. The van der Waals surface area contributed by atoms with Crippen LogP contribution in [0.3, 0.4) is 0 Å². The Kier molecular flexibility index (Phi) is 4.89. The average Bonchev–Trinajstić information content (AvgIpc) is 3.07. The Hall–Kier alpha value is -1.14. The number of rotatable bonds is 8. The van der Waals surface area contributed by atoms with Crippen LogP contribution < -0.4 is 11.1 Å². The Morgan fingerprint density at radius 3 is 2.65 bits per heavy atom. The number of nitrogens with two attached hydrogens (primary N) is 1. The number of aliphatic carboxylic acids is 1. The molecule has 1 fully saturated rings. The lowest BCUT2D eigenvalue weighted by molar-refractivity contribution is -0.143. The van der Waals surface area contributed by atoms with E-state index in [1.54, 1.807) is 7.11 Å². The van der Waals surface area contributed by atoms with Crippen molar-refractivity contribution < 1.29 is 19.4 Å². The van der Waals surface area contributed by atoms with Gasteiger partial charge in [-0.05, 0) is 25.7 Å². The summed E-state index contributed by atoms with van der Waals surface area (Å²) in [6.45, 7) is 0.749. The number of carbonyl (C=O) groups excluding carboxylic acids is 1. The van der Waals surface area contributed by atoms with Gasteiger partial charge in [-0.3, -0.25) is 9.59 Å². The lowest BCUT2D eigenvalue weighted by Gasteiger charge is -2.15. The van der Waals surface area contributed by atoms with Crippen molar-refractivity contribution in [1.29, 1.82) is 0 Å². The summed E-state index contributed by atoms with van der Waals surface area (Å²) in [5, 5.41) is 11.5. The first-order valence-electron chi connectivity index (χ1n) is 5.77. The number of nitrogens with one attached hydrogen (secondary N) is 1. The van der Waals surface area contributed by atoms with E-state index in [4.69, 9.17) is 15.6 Å². The van der Waals surface area contributed by atoms with E-state index in [1.165, 1.54) is 0 Å². The van der Waals surface area contributed by atoms with Crippen molar-refractivity contribution in [2.45, 2.75) is 31.7 Å². The molecule has 1 rings (SSSR count). The van der Waals surface area contributed by atoms with E-state index in [0.717, 1.165) is 6.42 Å². The van der Waals surface area contributed by atoms with Gasteiger partial charge >= 0.3 is 5.97 Å². The summed E-state index contributed by atoms with van der Waals surface area (Å²) >= 11 is 0. The van der Waals surface area contributed by atoms with Crippen LogP contribution in [0.5, 0.6) is 0 Å². The standard InChI is InChI=1S/C11H20N2O4/c1-17-6-2-3-8(12)9(14)13-7-11(4-5-11)10(15)16/h8H,2-7,12H2,1H3,(H,13,14)(H,15,16). The first-order valence-corrected chi connectivity index (χ1v) is 5.77. The third-order valence-corrected chi connectivity index (χ3v) is 3.11. The number of ether oxygens (including phenoxy) is 1. The van der Waals surface area contributed by atoms with Crippen molar-refractivity contribution in [3.8, 4) is 0 Å². The van der Waals surface area contributed by atoms with Gasteiger partial charge in [0.05, 0.1) is 11.5 Å². The summed E-state index contributed by atoms with van der Waals surface area (Å²) < 4.78 is 4.86. The van der Waals surface area contributed by atoms with Gasteiger partial charge in [0.15, 0.2) is 0 Å². The van der Waals surface area contributed by atoms with Crippen LogP contribution in [0, 0.1) is 5.41 Å². The zero-order chi connectivity index (χ0) is 12.9. The molecule has 6 heteroatoms. The van der Waals surface area contributed by atoms with Crippen LogP contribution in [0.1, 0.15) is 25.7 Å². The topological polar surface area (TPSA) is 102 Å². The molecule has 0 aromatic rings. The molecule has 0 saturated heterocycles. The van der Waals surface area contributed by atoms with Crippen molar-refractivity contribution >= 4 is 11.9 Å². The Balaban J connectivity index is 2.22. The molecule has 6 nitrogen and oxygen atoms in total. The van der Waals surface area contributed by atoms with Crippen LogP contribution in [0.25, 0.3) is 0 Å². The predicted octanol–water partition coefficient (Wildman–Crippen LogP) is -0.279. The maximum absolute atomic E-state index is 11.6. The Labute approximate surface area is 101 Å². The van der Waals surface area contributed by atoms with Crippen molar-refractivity contribution in [2.24, 2.45) is 11.1 Å². The van der Waals surface area contributed by atoms with Crippen LogP contribution in [0.15, 0.2) is 0 Å². The van der Waals surface area contributed by atoms with Crippen LogP contribution in [0.4, 0.5) is 0 Å². The summed E-state index contributed by atoms with van der Waals surface area (Å²) in [5.74, 6) is -1.13. The number of hydrogen-bond acceptors (Lipinski definition) is 4. The van der Waals surface area contributed by atoms with Crippen molar-refractivity contribution in [3.63, 3.8) is 0 Å². The minimum absolute atomic E-state index is 0.180. The van der Waals surface area contributed by atoms with E-state index >= 15 is 0 Å². The van der Waals surface area contributed by atoms with Gasteiger partial charge in [-0.2, -0.15) is 0 Å². The van der Waals surface area contributed by atoms with E-state index in [1.807, 2.05) is 0 Å². The molecule has 0 aromatic heterocycles. The van der Waals surface area contributed by atoms with E-state index in [0.29, 0.717) is 25.9 Å². The van der Waals surface area contributed by atoms with Crippen LogP contribution >= 0.6 is 0 Å². The van der Waals surface area contributed by atoms with E-state index in [9.17, 15) is 9.59 Å². The number of hydrogen-bond donors (Lipinski definition) is 3. The van der Waals surface area contributed by atoms with Gasteiger partial charge in [-0.25, -0.2) is 0 Å². The number of methoxy groups -OCH3 is 1. The fourth-order valence-corrected chi connectivity index (χ4v) is 1.58. The fourth-order valence-electron chi connectivity index (χ4n) is 1.58. The molecule has 1 atom stereocenters. The molecule has 0 heterocycles. The summed E-state index contributed by atoms with van der Waals surface area (Å²) in [7, 11) is 1.59. The summed E-state index contributed by atoms with van der Waals surface area (Å²) in [6.07, 6.45) is 2.51. The zero-order valence-corrected chi connectivity index (χ0v) is 10.1. The van der Waals surface area contributed by atoms with Gasteiger partial charge in [-0.15, -0.1) is 0 Å². The Morgan fingerprint density at radius 1 is 1.53 bits per heavy atom. The maximum atomic E-state index is 11.6. The molecule has 1 amide bonds. The second-order valence-electron chi connectivity index (χ2n) is 4.54. The highest BCUT2D eigenvalue weighted by Gasteiger charge is 2.50. The number of carboxylic acids is 1. The molecule has 0 radical (unpaired) electrons. The third-order valence-electron chi connectivity index (χ3n) is 3.11. The Morgan fingerprint density at radius 2 is 2.18 bits per heavy atom. The molecule has 1 saturated carbocycles. The highest BCUT2D eigenvalue weighted by atomic mass is 16.5. The summed E-state index contributed by atoms with van der Waals surface area (Å²) in [4.78, 5) is 22.4. The average molecular weight is 244 g/mol. The zero-order valence-electron chi connectivity index (χ0n) is 10.1. The molecule has 0 aromatic carbocycles. The summed E-state index contributed by atoms with van der Waals surface area (Å²) in [6, 6.07) is -0.588. The largest absolute Gasteiger partial charge is 0.481 e. The lowest BCUT2D eigenvalue weighted by atomic mass is 10.1. The monoisotopic (exact) mass is 244 g/mol. The first-order chi connectivity index (χ1) is 8.02. The number of carbonyl (C=O) groups is 2. The molecular formula is C11H20N2O4. The van der Waals surface area contributed by atoms with Crippen LogP contribution in [-0.4, -0.2) is 43.3 Å². The van der Waals surface area contributed by atoms with E-state index < -0.39 is 17.4 Å². The summed E-state index contributed by atoms with van der Waals surface area (Å²) in [5.41, 5.74) is 4.93. The lowest BCUT2D eigenvalue weighted by Crippen LogP contribution is -2.44. The Bertz CT molecular complexity index is 289. The molecule has 0 bridgehead atoms. The van der Waals surface area contributed by atoms with Gasteiger partial charge < -0.3 is 20.9 Å². The third kappa shape index (κ3) is 3.98. The fraction of sp³-hybridized carbons (Fsp3) is 0.818. The first kappa shape index (κ1) is 13.9. The SMILES string of the molecule is COCCCC(N)C(=O)NCC1(C(=O)O)CC1.